The number of carbonyl (C=O) groups is 1. The lowest BCUT2D eigenvalue weighted by Crippen LogP contribution is -2.25. The van der Waals surface area contributed by atoms with Gasteiger partial charge in [-0.25, -0.2) is 13.6 Å². The van der Waals surface area contributed by atoms with E-state index in [1.165, 1.54) is 12.1 Å². The number of amides is 1. The Labute approximate surface area is 145 Å². The molecule has 3 aromatic rings. The van der Waals surface area contributed by atoms with Crippen LogP contribution in [0.2, 0.25) is 0 Å². The normalized spacial score (nSPS) is 11.4. The van der Waals surface area contributed by atoms with E-state index in [9.17, 15) is 13.2 Å². The van der Waals surface area contributed by atoms with Crippen molar-refractivity contribution in [2.45, 2.75) is 11.3 Å². The monoisotopic (exact) mass is 355 g/mol. The Morgan fingerprint density at radius 2 is 1.84 bits per heavy atom. The molecule has 0 fully saturated rings. The number of hydrogen-bond donors (Lipinski definition) is 2. The van der Waals surface area contributed by atoms with Crippen LogP contribution in [0.15, 0.2) is 65.7 Å². The molecule has 0 unspecified atom stereocenters. The van der Waals surface area contributed by atoms with Gasteiger partial charge in [-0.05, 0) is 42.3 Å². The van der Waals surface area contributed by atoms with Crippen LogP contribution in [0.1, 0.15) is 15.9 Å². The third kappa shape index (κ3) is 4.20. The maximum atomic E-state index is 12.2. The average molecular weight is 355 g/mol. The van der Waals surface area contributed by atoms with Gasteiger partial charge in [0, 0.05) is 23.7 Å². The maximum absolute atomic E-state index is 12.2. The number of fused-ring (bicyclic) bond motifs is 1. The van der Waals surface area contributed by atoms with Crippen molar-refractivity contribution < 1.29 is 13.2 Å². The minimum atomic E-state index is -3.68. The molecule has 2 aromatic carbocycles. The number of nitrogens with one attached hydrogen (secondary N) is 1. The molecule has 0 aliphatic carbocycles. The highest BCUT2D eigenvalue weighted by atomic mass is 32.2. The second kappa shape index (κ2) is 7.00. The average Bonchev–Trinajstić information content (AvgIpc) is 2.61. The molecule has 25 heavy (non-hydrogen) atoms. The van der Waals surface area contributed by atoms with E-state index in [1.807, 2.05) is 18.2 Å². The molecule has 7 heteroatoms. The van der Waals surface area contributed by atoms with Crippen LogP contribution in [0.3, 0.4) is 0 Å². The van der Waals surface area contributed by atoms with Crippen LogP contribution >= 0.6 is 0 Å². The second-order valence-corrected chi connectivity index (χ2v) is 7.17. The summed E-state index contributed by atoms with van der Waals surface area (Å²) in [5, 5.41) is 8.89. The third-order valence-corrected chi connectivity index (χ3v) is 4.75. The molecule has 1 heterocycles. The molecule has 6 nitrogen and oxygen atoms in total. The van der Waals surface area contributed by atoms with E-state index < -0.39 is 10.0 Å². The highest BCUT2D eigenvalue weighted by molar-refractivity contribution is 7.89. The zero-order valence-corrected chi connectivity index (χ0v) is 14.2. The first-order valence-electron chi connectivity index (χ1n) is 7.68. The van der Waals surface area contributed by atoms with Gasteiger partial charge in [0.15, 0.2) is 0 Å². The van der Waals surface area contributed by atoms with Crippen LogP contribution < -0.4 is 10.5 Å². The van der Waals surface area contributed by atoms with Crippen molar-refractivity contribution in [2.75, 3.05) is 6.54 Å². The smallest absolute Gasteiger partial charge is 0.251 e. The number of carbonyl (C=O) groups excluding carboxylic acids is 1. The molecule has 0 bridgehead atoms. The number of pyridine rings is 1. The first kappa shape index (κ1) is 17.1. The summed E-state index contributed by atoms with van der Waals surface area (Å²) in [7, 11) is -3.68. The number of sulfonamides is 1. The summed E-state index contributed by atoms with van der Waals surface area (Å²) in [6.07, 6.45) is 2.28. The quantitative estimate of drug-likeness (QED) is 0.729. The fraction of sp³-hybridized carbons (Fsp3) is 0.111. The van der Waals surface area contributed by atoms with Crippen molar-refractivity contribution in [3.63, 3.8) is 0 Å². The third-order valence-electron chi connectivity index (χ3n) is 3.82. The summed E-state index contributed by atoms with van der Waals surface area (Å²) in [5.74, 6) is -0.172. The van der Waals surface area contributed by atoms with Crippen molar-refractivity contribution in [2.24, 2.45) is 5.14 Å². The van der Waals surface area contributed by atoms with Crippen molar-refractivity contribution >= 4 is 26.8 Å². The predicted molar refractivity (Wildman–Crippen MR) is 95.6 cm³/mol. The Hall–Kier alpha value is -2.77. The first-order valence-corrected chi connectivity index (χ1v) is 9.23. The molecular weight excluding hydrogens is 338 g/mol. The minimum absolute atomic E-state index is 0.0731. The number of benzene rings is 2. The van der Waals surface area contributed by atoms with E-state index in [0.717, 1.165) is 16.5 Å². The number of rotatable bonds is 5. The molecule has 3 rings (SSSR count). The number of hydrogen-bond acceptors (Lipinski definition) is 4. The molecule has 0 saturated carbocycles. The van der Waals surface area contributed by atoms with E-state index in [-0.39, 0.29) is 10.8 Å². The molecule has 1 aromatic heterocycles. The largest absolute Gasteiger partial charge is 0.352 e. The maximum Gasteiger partial charge on any atom is 0.251 e. The van der Waals surface area contributed by atoms with Crippen molar-refractivity contribution in [3.05, 3.63) is 71.9 Å². The Morgan fingerprint density at radius 1 is 1.08 bits per heavy atom. The van der Waals surface area contributed by atoms with E-state index in [0.29, 0.717) is 18.5 Å². The first-order chi connectivity index (χ1) is 11.9. The summed E-state index contributed by atoms with van der Waals surface area (Å²) in [6, 6.07) is 15.5. The van der Waals surface area contributed by atoms with Gasteiger partial charge in [-0.15, -0.1) is 0 Å². The molecule has 3 N–H and O–H groups in total. The van der Waals surface area contributed by atoms with Gasteiger partial charge in [-0.1, -0.05) is 24.3 Å². The van der Waals surface area contributed by atoms with Gasteiger partial charge in [-0.3, -0.25) is 9.78 Å². The van der Waals surface area contributed by atoms with E-state index >= 15 is 0 Å². The lowest BCUT2D eigenvalue weighted by Gasteiger charge is -2.07. The molecule has 0 aliphatic rings. The zero-order valence-electron chi connectivity index (χ0n) is 13.3. The van der Waals surface area contributed by atoms with Gasteiger partial charge in [0.25, 0.3) is 5.91 Å². The molecule has 0 atom stereocenters. The van der Waals surface area contributed by atoms with Gasteiger partial charge >= 0.3 is 0 Å². The molecule has 128 valence electrons. The van der Waals surface area contributed by atoms with Crippen LogP contribution in [0, 0.1) is 0 Å². The van der Waals surface area contributed by atoms with E-state index in [1.54, 1.807) is 30.5 Å². The zero-order chi connectivity index (χ0) is 17.9. The summed E-state index contributed by atoms with van der Waals surface area (Å²) in [6.45, 7) is 0.438. The fourth-order valence-electron chi connectivity index (χ4n) is 2.48. The topological polar surface area (TPSA) is 102 Å². The Kier molecular flexibility index (Phi) is 4.78. The SMILES string of the molecule is NS(=O)(=O)c1ccc(CCNC(=O)c2ccc3cccnc3c2)cc1. The van der Waals surface area contributed by atoms with Gasteiger partial charge < -0.3 is 5.32 Å². The predicted octanol–water partition coefficient (Wildman–Crippen LogP) is 1.85. The van der Waals surface area contributed by atoms with E-state index in [2.05, 4.69) is 10.3 Å². The Morgan fingerprint density at radius 3 is 2.56 bits per heavy atom. The fourth-order valence-corrected chi connectivity index (χ4v) is 2.99. The highest BCUT2D eigenvalue weighted by Gasteiger charge is 2.08. The van der Waals surface area contributed by atoms with Crippen LogP contribution in [-0.2, 0) is 16.4 Å². The second-order valence-electron chi connectivity index (χ2n) is 5.61. The van der Waals surface area contributed by atoms with Crippen LogP contribution in [0.4, 0.5) is 0 Å². The summed E-state index contributed by atoms with van der Waals surface area (Å²) < 4.78 is 22.4. The molecule has 1 amide bonds. The number of nitrogens with two attached hydrogens (primary N) is 1. The molecule has 0 spiro atoms. The number of primary sulfonamides is 1. The molecular formula is C18H17N3O3S. The summed E-state index contributed by atoms with van der Waals surface area (Å²) in [4.78, 5) is 16.5. The lowest BCUT2D eigenvalue weighted by molar-refractivity contribution is 0.0954. The van der Waals surface area contributed by atoms with Crippen molar-refractivity contribution in [3.8, 4) is 0 Å². The standard InChI is InChI=1S/C18H17N3O3S/c19-25(23,24)16-7-3-13(4-8-16)9-11-21-18(22)15-6-5-14-2-1-10-20-17(14)12-15/h1-8,10,12H,9,11H2,(H,21,22)(H2,19,23,24). The van der Waals surface area contributed by atoms with Gasteiger partial charge in [-0.2, -0.15) is 0 Å². The Balaban J connectivity index is 1.60. The van der Waals surface area contributed by atoms with Crippen LogP contribution in [0.5, 0.6) is 0 Å². The molecule has 0 radical (unpaired) electrons. The van der Waals surface area contributed by atoms with Crippen molar-refractivity contribution in [1.29, 1.82) is 0 Å². The number of aromatic nitrogens is 1. The van der Waals surface area contributed by atoms with Gasteiger partial charge in [0.05, 0.1) is 10.4 Å². The highest BCUT2D eigenvalue weighted by Crippen LogP contribution is 2.13. The molecule has 0 aliphatic heterocycles. The van der Waals surface area contributed by atoms with E-state index in [4.69, 9.17) is 5.14 Å². The Bertz CT molecular complexity index is 1020. The van der Waals surface area contributed by atoms with Crippen LogP contribution in [0.25, 0.3) is 10.9 Å². The van der Waals surface area contributed by atoms with Crippen molar-refractivity contribution in [1.82, 2.24) is 10.3 Å². The minimum Gasteiger partial charge on any atom is -0.352 e. The number of nitrogens with zero attached hydrogens (tertiary/aromatic N) is 1. The van der Waals surface area contributed by atoms with Gasteiger partial charge in [0.1, 0.15) is 0 Å². The lowest BCUT2D eigenvalue weighted by atomic mass is 10.1. The molecule has 0 saturated heterocycles. The van der Waals surface area contributed by atoms with Gasteiger partial charge in [0.2, 0.25) is 10.0 Å². The summed E-state index contributed by atoms with van der Waals surface area (Å²) in [5.41, 5.74) is 2.23. The van der Waals surface area contributed by atoms with Crippen LogP contribution in [-0.4, -0.2) is 25.9 Å². The summed E-state index contributed by atoms with van der Waals surface area (Å²) >= 11 is 0.